The fourth-order valence-corrected chi connectivity index (χ4v) is 4.40. The third-order valence-corrected chi connectivity index (χ3v) is 6.12. The number of rotatable bonds is 4. The third kappa shape index (κ3) is 3.46. The van der Waals surface area contributed by atoms with Gasteiger partial charge in [0.15, 0.2) is 11.4 Å². The first-order chi connectivity index (χ1) is 13.3. The molecule has 4 rings (SSSR count). The maximum Gasteiger partial charge on any atom is 0.263 e. The number of para-hydroxylation sites is 1. The van der Waals surface area contributed by atoms with Gasteiger partial charge in [0.25, 0.3) is 5.91 Å². The quantitative estimate of drug-likeness (QED) is 0.570. The molecule has 3 atom stereocenters. The van der Waals surface area contributed by atoms with Crippen molar-refractivity contribution in [1.29, 1.82) is 0 Å². The molecule has 3 N–H and O–H groups in total. The lowest BCUT2D eigenvalue weighted by Gasteiger charge is -2.46. The van der Waals surface area contributed by atoms with Crippen LogP contribution < -0.4 is 10.6 Å². The summed E-state index contributed by atoms with van der Waals surface area (Å²) in [4.78, 5) is 12.9. The number of carbonyl (C=O) groups is 1. The van der Waals surface area contributed by atoms with E-state index >= 15 is 0 Å². The van der Waals surface area contributed by atoms with E-state index in [-0.39, 0.29) is 6.04 Å². The summed E-state index contributed by atoms with van der Waals surface area (Å²) in [5.41, 5.74) is 0.485. The highest BCUT2D eigenvalue weighted by Gasteiger charge is 2.58. The summed E-state index contributed by atoms with van der Waals surface area (Å²) >= 11 is 2.15. The lowest BCUT2D eigenvalue weighted by Crippen LogP contribution is -2.63. The van der Waals surface area contributed by atoms with Crippen LogP contribution in [0.25, 0.3) is 0 Å². The van der Waals surface area contributed by atoms with Crippen molar-refractivity contribution >= 4 is 34.2 Å². The lowest BCUT2D eigenvalue weighted by molar-refractivity contribution is -0.310. The van der Waals surface area contributed by atoms with E-state index in [1.807, 2.05) is 42.5 Å². The highest BCUT2D eigenvalue weighted by atomic mass is 127. The Balaban J connectivity index is 1.67. The number of benzene rings is 2. The summed E-state index contributed by atoms with van der Waals surface area (Å²) < 4.78 is 12.8. The van der Waals surface area contributed by atoms with Crippen LogP contribution in [0.2, 0.25) is 0 Å². The molecule has 0 bridgehead atoms. The van der Waals surface area contributed by atoms with Gasteiger partial charge in [-0.1, -0.05) is 42.5 Å². The monoisotopic (exact) mass is 494 g/mol. The predicted octanol–water partition coefficient (Wildman–Crippen LogP) is 2.74. The molecule has 28 heavy (non-hydrogen) atoms. The fourth-order valence-electron chi connectivity index (χ4n) is 3.77. The van der Waals surface area contributed by atoms with Gasteiger partial charge < -0.3 is 25.2 Å². The van der Waals surface area contributed by atoms with E-state index < -0.39 is 23.4 Å². The Bertz CT molecular complexity index is 889. The van der Waals surface area contributed by atoms with E-state index in [1.54, 1.807) is 19.9 Å². The molecule has 2 heterocycles. The van der Waals surface area contributed by atoms with Crippen LogP contribution >= 0.6 is 22.6 Å². The number of fused-ring (bicyclic) bond motifs is 1. The Morgan fingerprint density at radius 3 is 2.71 bits per heavy atom. The average Bonchev–Trinajstić information content (AvgIpc) is 2.94. The van der Waals surface area contributed by atoms with Gasteiger partial charge in [-0.05, 0) is 48.1 Å². The van der Waals surface area contributed by atoms with E-state index in [4.69, 9.17) is 9.47 Å². The second-order valence-electron chi connectivity index (χ2n) is 7.61. The third-order valence-electron chi connectivity index (χ3n) is 5.22. The molecular formula is C21H23IN2O4. The van der Waals surface area contributed by atoms with Gasteiger partial charge in [-0.2, -0.15) is 0 Å². The number of amides is 1. The number of ether oxygens (including phenoxy) is 2. The highest BCUT2D eigenvalue weighted by molar-refractivity contribution is 14.1. The molecule has 1 fully saturated rings. The number of nitrogens with one attached hydrogen (secondary N) is 2. The van der Waals surface area contributed by atoms with Crippen molar-refractivity contribution in [3.8, 4) is 0 Å². The second kappa shape index (κ2) is 7.38. The maximum atomic E-state index is 12.9. The van der Waals surface area contributed by atoms with E-state index in [1.165, 1.54) is 0 Å². The van der Waals surface area contributed by atoms with Crippen molar-refractivity contribution in [2.24, 2.45) is 0 Å². The van der Waals surface area contributed by atoms with Crippen molar-refractivity contribution in [1.82, 2.24) is 5.32 Å². The molecular weight excluding hydrogens is 471 g/mol. The average molecular weight is 494 g/mol. The van der Waals surface area contributed by atoms with E-state index in [0.717, 1.165) is 9.13 Å². The predicted molar refractivity (Wildman–Crippen MR) is 114 cm³/mol. The Morgan fingerprint density at radius 1 is 1.21 bits per heavy atom. The zero-order valence-electron chi connectivity index (χ0n) is 15.7. The van der Waals surface area contributed by atoms with Crippen LogP contribution in [0.5, 0.6) is 0 Å². The molecule has 0 unspecified atom stereocenters. The maximum absolute atomic E-state index is 12.9. The number of hydrogen-bond acceptors (Lipinski definition) is 5. The van der Waals surface area contributed by atoms with Crippen molar-refractivity contribution in [2.45, 2.75) is 43.9 Å². The van der Waals surface area contributed by atoms with Crippen molar-refractivity contribution in [2.75, 3.05) is 11.9 Å². The first-order valence-electron chi connectivity index (χ1n) is 9.23. The standard InChI is InChI=1S/C21H23IN2O4/c1-20(2)27-12-16(23-11-13-7-4-3-5-8-13)18(28-20)21(26)14-9-6-10-15(22)17(14)24-19(21)25/h3-10,16,18,23,26H,11-12H2,1-2H3,(H,24,25)/t16-,18+,21-/m0/s1. The highest BCUT2D eigenvalue weighted by Crippen LogP contribution is 2.44. The number of halogens is 1. The molecule has 6 nitrogen and oxygen atoms in total. The first kappa shape index (κ1) is 19.8. The molecule has 0 aromatic heterocycles. The molecule has 1 amide bonds. The molecule has 2 aromatic rings. The molecule has 2 aromatic carbocycles. The van der Waals surface area contributed by atoms with Crippen LogP contribution in [0.4, 0.5) is 5.69 Å². The Hall–Kier alpha value is -1.52. The van der Waals surface area contributed by atoms with Crippen LogP contribution in [0, 0.1) is 3.57 Å². The molecule has 2 aliphatic rings. The Labute approximate surface area is 177 Å². The largest absolute Gasteiger partial charge is 0.373 e. The molecule has 2 aliphatic heterocycles. The van der Waals surface area contributed by atoms with Gasteiger partial charge in [0.2, 0.25) is 0 Å². The molecule has 0 aliphatic carbocycles. The van der Waals surface area contributed by atoms with Gasteiger partial charge in [0.1, 0.15) is 6.10 Å². The second-order valence-corrected chi connectivity index (χ2v) is 8.77. The number of anilines is 1. The zero-order valence-corrected chi connectivity index (χ0v) is 17.9. The van der Waals surface area contributed by atoms with Crippen LogP contribution in [0.15, 0.2) is 48.5 Å². The summed E-state index contributed by atoms with van der Waals surface area (Å²) in [5, 5.41) is 17.9. The topological polar surface area (TPSA) is 79.8 Å². The van der Waals surface area contributed by atoms with Crippen molar-refractivity contribution in [3.05, 3.63) is 63.2 Å². The minimum absolute atomic E-state index is 0.319. The summed E-state index contributed by atoms with van der Waals surface area (Å²) in [6, 6.07) is 15.1. The molecule has 0 saturated carbocycles. The van der Waals surface area contributed by atoms with Gasteiger partial charge in [-0.25, -0.2) is 0 Å². The minimum atomic E-state index is -1.80. The Kier molecular flexibility index (Phi) is 5.22. The van der Waals surface area contributed by atoms with Gasteiger partial charge in [0, 0.05) is 15.7 Å². The summed E-state index contributed by atoms with van der Waals surface area (Å²) in [5.74, 6) is -1.38. The fraction of sp³-hybridized carbons (Fsp3) is 0.381. The van der Waals surface area contributed by atoms with Crippen LogP contribution in [0.3, 0.4) is 0 Å². The lowest BCUT2D eigenvalue weighted by atomic mass is 9.84. The van der Waals surface area contributed by atoms with Crippen LogP contribution in [-0.2, 0) is 26.4 Å². The van der Waals surface area contributed by atoms with Crippen LogP contribution in [0.1, 0.15) is 25.0 Å². The van der Waals surface area contributed by atoms with Gasteiger partial charge >= 0.3 is 0 Å². The molecule has 1 saturated heterocycles. The molecule has 0 radical (unpaired) electrons. The summed E-state index contributed by atoms with van der Waals surface area (Å²) in [6.45, 7) is 4.48. The SMILES string of the molecule is CC1(C)OC[C@H](NCc2ccccc2)[C@H]([C@]2(O)C(=O)Nc3c(I)cccc32)O1. The minimum Gasteiger partial charge on any atom is -0.373 e. The van der Waals surface area contributed by atoms with E-state index in [9.17, 15) is 9.90 Å². The van der Waals surface area contributed by atoms with Crippen molar-refractivity contribution in [3.63, 3.8) is 0 Å². The van der Waals surface area contributed by atoms with Crippen LogP contribution in [-0.4, -0.2) is 35.6 Å². The van der Waals surface area contributed by atoms with E-state index in [2.05, 4.69) is 33.2 Å². The van der Waals surface area contributed by atoms with Gasteiger partial charge in [-0.3, -0.25) is 4.79 Å². The molecule has 7 heteroatoms. The number of hydrogen-bond donors (Lipinski definition) is 3. The zero-order chi connectivity index (χ0) is 19.9. The smallest absolute Gasteiger partial charge is 0.263 e. The number of carbonyl (C=O) groups excluding carboxylic acids is 1. The number of aliphatic hydroxyl groups is 1. The summed E-state index contributed by atoms with van der Waals surface area (Å²) in [7, 11) is 0. The van der Waals surface area contributed by atoms with E-state index in [0.29, 0.717) is 24.4 Å². The van der Waals surface area contributed by atoms with Crippen molar-refractivity contribution < 1.29 is 19.4 Å². The Morgan fingerprint density at radius 2 is 1.96 bits per heavy atom. The molecule has 0 spiro atoms. The normalized spacial score (nSPS) is 28.6. The first-order valence-corrected chi connectivity index (χ1v) is 10.3. The summed E-state index contributed by atoms with van der Waals surface area (Å²) in [6.07, 6.45) is -0.806. The van der Waals surface area contributed by atoms with Gasteiger partial charge in [-0.15, -0.1) is 0 Å². The molecule has 148 valence electrons. The van der Waals surface area contributed by atoms with Gasteiger partial charge in [0.05, 0.1) is 18.3 Å².